The van der Waals surface area contributed by atoms with Gasteiger partial charge in [0.2, 0.25) is 76.8 Å². The molecule has 51 nitrogen and oxygen atoms in total. The number of rotatable bonds is 47. The van der Waals surface area contributed by atoms with Gasteiger partial charge in [-0.05, 0) is 200 Å². The predicted molar refractivity (Wildman–Crippen MR) is 538 cm³/mol. The van der Waals surface area contributed by atoms with Crippen molar-refractivity contribution in [3.63, 3.8) is 0 Å². The van der Waals surface area contributed by atoms with Crippen molar-refractivity contribution >= 4 is 151 Å². The number of fused-ring (bicyclic) bond motifs is 2. The first kappa shape index (κ1) is 117. The Morgan fingerprint density at radius 3 is 1.26 bits per heavy atom. The average Bonchev–Trinajstić information content (AvgIpc) is 1.71. The van der Waals surface area contributed by atoms with Crippen molar-refractivity contribution < 1.29 is 87.2 Å². The summed E-state index contributed by atoms with van der Waals surface area (Å²) in [6.45, 7) is -0.303. The standard InChI is InChI=1S/C90H141N33O18S2/c91-35-5-3-16-58-75(130)117-64(17-4-6-36-92)83(138)123-43-13-24-70(123)82(137)120-67(47-51-28-33-56(125)34-29-51)79(134)116-61(20-9-39-107-87(98)99)74(129)114-63(22-11-42-110-90(104)141)77(132)121-68(80(135)118-65(84(139)140)23-12-41-109-89(102)103)48-142-143-49-69(81(136)119-66(46-50-26-31-55(124)32-27-50)78(133)115-60(73(128)112-58)19-8-38-106-86(96)97)122-76(131)62(21-10-40-108-88(100)101)113-72(127)59(18-7-37-105-85(94)95)111-71(126)57(93)45-52-25-30-53-14-1-2-15-54(53)44-52/h1-2,14-15,25-34,44,57-70,124-125H,3-13,16-24,35-43,45-49,91-93H2,(H,111,126)(H,112,128)(H,113,127)(H,114,129)(H,115,133)(H,116,134)(H,117,130)(H,118,135)(H,119,136)(H,120,137)(H,121,132)(H,122,131)(H,139,140)(H4,94,95,105)(H4,96,97,106)(H4,98,99,107)(H4,100,101,108)(H4,102,103,109)(H3,104,110,141)/t57-,58-,59-,60-,61-,62-,63-,64+,65-,66-,67-,68-,69-,70-/m0/s1. The minimum atomic E-state index is -1.91. The zero-order valence-corrected chi connectivity index (χ0v) is 81.3. The number of hydrogen-bond donors (Lipinski definition) is 35. The molecule has 0 spiro atoms. The van der Waals surface area contributed by atoms with Gasteiger partial charge in [-0.1, -0.05) is 88.3 Å². The van der Waals surface area contributed by atoms with E-state index < -0.39 is 228 Å². The van der Waals surface area contributed by atoms with Crippen LogP contribution in [0.2, 0.25) is 0 Å². The smallest absolute Gasteiger partial charge is 0.326 e. The molecule has 0 radical (unpaired) electrons. The molecule has 2 fully saturated rings. The normalized spacial score (nSPS) is 20.2. The van der Waals surface area contributed by atoms with Crippen LogP contribution < -0.4 is 147 Å². The number of nitrogens with two attached hydrogens (primary N) is 9. The van der Waals surface area contributed by atoms with Gasteiger partial charge < -0.3 is 168 Å². The first-order chi connectivity index (χ1) is 68.2. The SMILES string of the molecule is N=C(N)NCCC[C@H](NC(=O)[C@@H]1CSSC[C@H](NC(=O)[C@H](CCCNC(=N)N)NC(=O)[C@H](CCCNC(=N)N)NC(=O)[C@@H](N)Cc2ccc3ccccc3c2)C(=O)N[C@@H](Cc2ccc(O)cc2)C(=O)N[C@@H](CCCNC(=N)N)C(=O)N[C@@H](CCCCN)C(=O)N[C@H](CCCCN)C(=O)N2CCC[C@H]2C(=O)N[C@@H](Cc2ccc(O)cc2)C(=O)N[C@@H](CCCNC(=N)N)C(=O)N[C@@H](CCCNC(N)=O)C(=O)N1)C(=O)O. The summed E-state index contributed by atoms with van der Waals surface area (Å²) in [6.07, 6.45) is -1.73. The third-order valence-electron chi connectivity index (χ3n) is 23.1. The number of phenolic OH excluding ortho intramolecular Hbond substituents is 2. The molecule has 53 heteroatoms. The molecule has 14 atom stereocenters. The second-order valence-electron chi connectivity index (χ2n) is 34.5. The van der Waals surface area contributed by atoms with Crippen molar-refractivity contribution in [3.05, 3.63) is 108 Å². The van der Waals surface area contributed by atoms with Crippen LogP contribution in [0.1, 0.15) is 145 Å². The van der Waals surface area contributed by atoms with Crippen LogP contribution in [0, 0.1) is 27.0 Å². The highest BCUT2D eigenvalue weighted by Gasteiger charge is 2.43. The summed E-state index contributed by atoms with van der Waals surface area (Å²) in [7, 11) is 1.44. The highest BCUT2D eigenvalue weighted by atomic mass is 33.1. The number of carboxylic acids is 1. The Balaban J connectivity index is 1.58. The summed E-state index contributed by atoms with van der Waals surface area (Å²) in [4.78, 5) is 225. The molecule has 2 aliphatic heterocycles. The maximum Gasteiger partial charge on any atom is 0.326 e. The van der Waals surface area contributed by atoms with Crippen LogP contribution in [0.15, 0.2) is 91.0 Å². The van der Waals surface area contributed by atoms with Gasteiger partial charge in [-0.25, -0.2) is 9.59 Å². The number of aliphatic carboxylic acids is 1. The summed E-state index contributed by atoms with van der Waals surface area (Å²) in [5, 5.41) is 120. The van der Waals surface area contributed by atoms with Crippen molar-refractivity contribution in [1.29, 1.82) is 27.0 Å². The lowest BCUT2D eigenvalue weighted by Gasteiger charge is -2.31. The molecule has 0 aliphatic carbocycles. The van der Waals surface area contributed by atoms with Gasteiger partial charge in [-0.3, -0.25) is 89.4 Å². The van der Waals surface area contributed by atoms with E-state index in [1.165, 1.54) is 53.4 Å². The van der Waals surface area contributed by atoms with Gasteiger partial charge in [-0.2, -0.15) is 0 Å². The molecule has 2 heterocycles. The first-order valence-corrected chi connectivity index (χ1v) is 49.8. The molecule has 0 unspecified atom stereocenters. The van der Waals surface area contributed by atoms with Crippen LogP contribution in [-0.4, -0.2) is 294 Å². The zero-order valence-electron chi connectivity index (χ0n) is 79.7. The molecule has 4 aromatic carbocycles. The fraction of sp³-hybridized carbons (Fsp3) is 0.533. The van der Waals surface area contributed by atoms with Crippen LogP contribution >= 0.6 is 21.6 Å². The number of urea groups is 1. The summed E-state index contributed by atoms with van der Waals surface area (Å²) < 4.78 is 0. The number of carboxylic acid groups (broad SMARTS) is 1. The van der Waals surface area contributed by atoms with E-state index in [1.54, 1.807) is 6.07 Å². The topological polar surface area (TPSA) is 890 Å². The number of hydrogen-bond acceptors (Lipinski definition) is 27. The van der Waals surface area contributed by atoms with Crippen LogP contribution in [0.3, 0.4) is 0 Å². The van der Waals surface area contributed by atoms with E-state index >= 15 is 57.5 Å². The van der Waals surface area contributed by atoms with Gasteiger partial charge in [0.05, 0.1) is 6.04 Å². The number of guanidine groups is 5. The number of primary amides is 1. The highest BCUT2D eigenvalue weighted by Crippen LogP contribution is 2.27. The summed E-state index contributed by atoms with van der Waals surface area (Å²) >= 11 is 0. The number of aromatic hydroxyl groups is 2. The molecule has 0 saturated carbocycles. The molecule has 0 aromatic heterocycles. The summed E-state index contributed by atoms with van der Waals surface area (Å²) in [5.41, 5.74) is 53.4. The minimum Gasteiger partial charge on any atom is -0.508 e. The van der Waals surface area contributed by atoms with E-state index in [1.807, 2.05) is 36.4 Å². The van der Waals surface area contributed by atoms with E-state index in [0.29, 0.717) is 24.0 Å². The van der Waals surface area contributed by atoms with E-state index in [-0.39, 0.29) is 198 Å². The van der Waals surface area contributed by atoms with Crippen LogP contribution in [0.4, 0.5) is 4.79 Å². The van der Waals surface area contributed by atoms with Gasteiger partial charge in [0.25, 0.3) is 0 Å². The maximum absolute atomic E-state index is 15.9. The molecule has 0 bridgehead atoms. The van der Waals surface area contributed by atoms with E-state index in [0.717, 1.165) is 32.4 Å². The number of benzene rings is 4. The lowest BCUT2D eigenvalue weighted by molar-refractivity contribution is -0.142. The molecule has 4 aromatic rings. The number of nitrogens with one attached hydrogen (secondary N) is 23. The number of carbonyl (C=O) groups is 15. The second kappa shape index (κ2) is 62.6. The minimum absolute atomic E-state index is 0.00348. The number of unbranched alkanes of at least 4 members (excludes halogenated alkanes) is 2. The van der Waals surface area contributed by atoms with Crippen LogP contribution in [0.25, 0.3) is 10.8 Å². The lowest BCUT2D eigenvalue weighted by Crippen LogP contribution is -2.61. The van der Waals surface area contributed by atoms with Gasteiger partial charge in [0, 0.05) is 70.2 Å². The molecule has 143 heavy (non-hydrogen) atoms. The van der Waals surface area contributed by atoms with Crippen molar-refractivity contribution in [1.82, 2.24) is 101 Å². The highest BCUT2D eigenvalue weighted by molar-refractivity contribution is 8.76. The summed E-state index contributed by atoms with van der Waals surface area (Å²) in [6, 6.07) is 0.0894. The molecule has 786 valence electrons. The molecule has 2 saturated heterocycles. The van der Waals surface area contributed by atoms with Gasteiger partial charge in [-0.15, -0.1) is 0 Å². The second-order valence-corrected chi connectivity index (χ2v) is 37.0. The summed E-state index contributed by atoms with van der Waals surface area (Å²) in [5.74, 6) is -18.6. The Kier molecular flexibility index (Phi) is 51.4. The van der Waals surface area contributed by atoms with E-state index in [4.69, 9.17) is 78.6 Å². The molecule has 15 amide bonds. The fourth-order valence-electron chi connectivity index (χ4n) is 15.5. The maximum atomic E-state index is 15.9. The number of amides is 15. The lowest BCUT2D eigenvalue weighted by atomic mass is 10.0. The number of phenols is 2. The number of nitrogens with zero attached hydrogens (tertiary/aromatic N) is 1. The largest absolute Gasteiger partial charge is 0.508 e. The Bertz CT molecular complexity index is 4980. The van der Waals surface area contributed by atoms with Gasteiger partial charge in [0.15, 0.2) is 29.8 Å². The molecule has 6 rings (SSSR count). The molecular formula is C90H141N33O18S2. The predicted octanol–water partition coefficient (Wildman–Crippen LogP) is -6.08. The monoisotopic (exact) mass is 2040 g/mol. The van der Waals surface area contributed by atoms with Crippen molar-refractivity contribution in [2.24, 2.45) is 51.6 Å². The third-order valence-corrected chi connectivity index (χ3v) is 25.5. The van der Waals surface area contributed by atoms with Crippen molar-refractivity contribution in [2.75, 3.05) is 70.4 Å². The van der Waals surface area contributed by atoms with Crippen molar-refractivity contribution in [2.45, 2.75) is 232 Å². The number of carbonyl (C=O) groups excluding carboxylic acids is 14. The molecule has 44 N–H and O–H groups in total. The Hall–Kier alpha value is -14.5. The van der Waals surface area contributed by atoms with Gasteiger partial charge in [0.1, 0.15) is 90.0 Å². The zero-order chi connectivity index (χ0) is 105. The van der Waals surface area contributed by atoms with Crippen LogP contribution in [0.5, 0.6) is 11.5 Å². The molecule has 2 aliphatic rings. The Morgan fingerprint density at radius 1 is 0.413 bits per heavy atom. The van der Waals surface area contributed by atoms with Crippen molar-refractivity contribution in [3.8, 4) is 11.5 Å². The van der Waals surface area contributed by atoms with Gasteiger partial charge >= 0.3 is 12.0 Å². The Labute approximate surface area is 835 Å². The fourth-order valence-corrected chi connectivity index (χ4v) is 17.8. The quantitative estimate of drug-likeness (QED) is 0.00847. The third kappa shape index (κ3) is 43.7. The van der Waals surface area contributed by atoms with E-state index in [9.17, 15) is 29.7 Å². The molecular weight excluding hydrogens is 1900 g/mol. The van der Waals surface area contributed by atoms with Crippen LogP contribution in [-0.2, 0) is 86.4 Å². The Morgan fingerprint density at radius 2 is 0.797 bits per heavy atom. The first-order valence-electron chi connectivity index (χ1n) is 47.3. The average molecular weight is 2040 g/mol. The van der Waals surface area contributed by atoms with E-state index in [2.05, 4.69) is 95.7 Å².